The van der Waals surface area contributed by atoms with Crippen LogP contribution in [0, 0.1) is 22.7 Å². The maximum Gasteiger partial charge on any atom is 0.226 e. The molecule has 4 saturated carbocycles. The van der Waals surface area contributed by atoms with Crippen LogP contribution in [0.3, 0.4) is 0 Å². The molecule has 4 rings (SSSR count). The second-order valence-electron chi connectivity index (χ2n) is 8.41. The fraction of sp³-hybridized carbons (Fsp3) is 0.941. The van der Waals surface area contributed by atoms with E-state index in [4.69, 9.17) is 23.2 Å². The van der Waals surface area contributed by atoms with Crippen molar-refractivity contribution >= 4 is 29.1 Å². The summed E-state index contributed by atoms with van der Waals surface area (Å²) >= 11 is 12.2. The molecule has 1 amide bonds. The molecule has 0 spiro atoms. The van der Waals surface area contributed by atoms with Gasteiger partial charge < -0.3 is 5.32 Å². The van der Waals surface area contributed by atoms with Crippen LogP contribution in [0.15, 0.2) is 0 Å². The van der Waals surface area contributed by atoms with Crippen molar-refractivity contribution in [2.45, 2.75) is 64.3 Å². The topological polar surface area (TPSA) is 29.1 Å². The van der Waals surface area contributed by atoms with Crippen molar-refractivity contribution in [3.63, 3.8) is 0 Å². The first-order valence-corrected chi connectivity index (χ1v) is 9.40. The Morgan fingerprint density at radius 3 is 2.19 bits per heavy atom. The molecule has 4 bridgehead atoms. The van der Waals surface area contributed by atoms with Crippen LogP contribution in [0.1, 0.15) is 58.8 Å². The summed E-state index contributed by atoms with van der Waals surface area (Å²) in [4.78, 5) is 13.1. The van der Waals surface area contributed by atoms with Gasteiger partial charge in [-0.25, -0.2) is 0 Å². The summed E-state index contributed by atoms with van der Waals surface area (Å²) in [6.07, 6.45) is 7.99. The summed E-state index contributed by atoms with van der Waals surface area (Å²) in [6, 6.07) is 0. The van der Waals surface area contributed by atoms with Crippen molar-refractivity contribution in [2.75, 3.05) is 11.8 Å². The van der Waals surface area contributed by atoms with Crippen molar-refractivity contribution in [3.05, 3.63) is 0 Å². The molecule has 0 aromatic carbocycles. The van der Waals surface area contributed by atoms with Gasteiger partial charge >= 0.3 is 0 Å². The summed E-state index contributed by atoms with van der Waals surface area (Å²) in [5.74, 6) is 2.51. The third-order valence-corrected chi connectivity index (χ3v) is 7.43. The molecule has 4 fully saturated rings. The molecular formula is C17H27Cl2NO. The fourth-order valence-corrected chi connectivity index (χ4v) is 6.54. The standard InChI is InChI=1S/C17H27Cl2NO/c1-3-17(10-18,11-19)20-14(21)16-7-12-4-13(8-16)6-15(2,5-12)9-16/h12-13H,3-11H2,1-2H3,(H,20,21). The number of amides is 1. The van der Waals surface area contributed by atoms with Crippen LogP contribution < -0.4 is 5.32 Å². The number of alkyl halides is 2. The largest absolute Gasteiger partial charge is 0.348 e. The van der Waals surface area contributed by atoms with Crippen LogP contribution in [0.2, 0.25) is 0 Å². The van der Waals surface area contributed by atoms with Crippen LogP contribution in [0.4, 0.5) is 0 Å². The number of hydrogen-bond donors (Lipinski definition) is 1. The molecule has 0 saturated heterocycles. The van der Waals surface area contributed by atoms with Gasteiger partial charge in [0, 0.05) is 11.8 Å². The second kappa shape index (κ2) is 5.30. The zero-order chi connectivity index (χ0) is 15.3. The van der Waals surface area contributed by atoms with Gasteiger partial charge in [0.1, 0.15) is 0 Å². The Balaban J connectivity index is 1.81. The lowest BCUT2D eigenvalue weighted by atomic mass is 9.44. The molecular weight excluding hydrogens is 305 g/mol. The third-order valence-electron chi connectivity index (χ3n) is 6.40. The number of rotatable bonds is 5. The highest BCUT2D eigenvalue weighted by Gasteiger charge is 2.59. The van der Waals surface area contributed by atoms with E-state index in [0.717, 1.165) is 37.5 Å². The molecule has 2 nitrogen and oxygen atoms in total. The average Bonchev–Trinajstić information content (AvgIpc) is 2.42. The van der Waals surface area contributed by atoms with Gasteiger partial charge in [0.15, 0.2) is 0 Å². The first-order chi connectivity index (χ1) is 9.88. The summed E-state index contributed by atoms with van der Waals surface area (Å²) in [5.41, 5.74) is -0.194. The van der Waals surface area contributed by atoms with Crippen LogP contribution >= 0.6 is 23.2 Å². The zero-order valence-corrected chi connectivity index (χ0v) is 14.7. The molecule has 0 heterocycles. The molecule has 120 valence electrons. The summed E-state index contributed by atoms with van der Waals surface area (Å²) in [7, 11) is 0. The van der Waals surface area contributed by atoms with Crippen molar-refractivity contribution in [3.8, 4) is 0 Å². The number of nitrogens with one attached hydrogen (secondary N) is 1. The van der Waals surface area contributed by atoms with Crippen LogP contribution in [-0.2, 0) is 4.79 Å². The Bertz CT molecular complexity index is 410. The van der Waals surface area contributed by atoms with E-state index in [-0.39, 0.29) is 11.3 Å². The molecule has 2 unspecified atom stereocenters. The lowest BCUT2D eigenvalue weighted by Gasteiger charge is -2.60. The normalized spacial score (nSPS) is 41.3. The predicted molar refractivity (Wildman–Crippen MR) is 87.8 cm³/mol. The minimum absolute atomic E-state index is 0.141. The maximum atomic E-state index is 13.1. The van der Waals surface area contributed by atoms with E-state index in [1.54, 1.807) is 0 Å². The van der Waals surface area contributed by atoms with Crippen LogP contribution in [-0.4, -0.2) is 23.2 Å². The quantitative estimate of drug-likeness (QED) is 0.746. The Kier molecular flexibility index (Phi) is 4.02. The third kappa shape index (κ3) is 2.61. The first-order valence-electron chi connectivity index (χ1n) is 8.33. The molecule has 0 radical (unpaired) electrons. The van der Waals surface area contributed by atoms with Gasteiger partial charge in [-0.2, -0.15) is 0 Å². The van der Waals surface area contributed by atoms with Crippen molar-refractivity contribution < 1.29 is 4.79 Å². The van der Waals surface area contributed by atoms with Gasteiger partial charge in [0.25, 0.3) is 0 Å². The number of carbonyl (C=O) groups excluding carboxylic acids is 1. The van der Waals surface area contributed by atoms with Crippen molar-refractivity contribution in [1.29, 1.82) is 0 Å². The van der Waals surface area contributed by atoms with E-state index in [2.05, 4.69) is 12.2 Å². The Labute approximate surface area is 138 Å². The van der Waals surface area contributed by atoms with Gasteiger partial charge in [0.2, 0.25) is 5.91 Å². The summed E-state index contributed by atoms with van der Waals surface area (Å²) in [6.45, 7) is 4.44. The van der Waals surface area contributed by atoms with Crippen LogP contribution in [0.5, 0.6) is 0 Å². The highest BCUT2D eigenvalue weighted by molar-refractivity contribution is 6.22. The van der Waals surface area contributed by atoms with E-state index >= 15 is 0 Å². The first kappa shape index (κ1) is 15.9. The van der Waals surface area contributed by atoms with Gasteiger partial charge in [-0.15, -0.1) is 23.2 Å². The van der Waals surface area contributed by atoms with Gasteiger partial charge in [-0.3, -0.25) is 4.79 Å². The smallest absolute Gasteiger partial charge is 0.226 e. The Hall–Kier alpha value is 0.0500. The van der Waals surface area contributed by atoms with E-state index in [1.807, 2.05) is 6.92 Å². The molecule has 4 aliphatic rings. The van der Waals surface area contributed by atoms with Crippen LogP contribution in [0.25, 0.3) is 0 Å². The van der Waals surface area contributed by atoms with Gasteiger partial charge in [0.05, 0.1) is 11.0 Å². The van der Waals surface area contributed by atoms with Gasteiger partial charge in [-0.1, -0.05) is 13.8 Å². The number of hydrogen-bond acceptors (Lipinski definition) is 1. The molecule has 0 aliphatic heterocycles. The molecule has 4 aliphatic carbocycles. The summed E-state index contributed by atoms with van der Waals surface area (Å²) in [5, 5.41) is 3.25. The minimum Gasteiger partial charge on any atom is -0.348 e. The average molecular weight is 332 g/mol. The van der Waals surface area contributed by atoms with Gasteiger partial charge in [-0.05, 0) is 62.2 Å². The molecule has 1 N–H and O–H groups in total. The molecule has 2 atom stereocenters. The zero-order valence-electron chi connectivity index (χ0n) is 13.2. The highest BCUT2D eigenvalue weighted by Crippen LogP contribution is 2.65. The van der Waals surface area contributed by atoms with E-state index < -0.39 is 5.54 Å². The summed E-state index contributed by atoms with van der Waals surface area (Å²) < 4.78 is 0. The molecule has 21 heavy (non-hydrogen) atoms. The number of halogens is 2. The van der Waals surface area contributed by atoms with E-state index in [9.17, 15) is 4.79 Å². The minimum atomic E-state index is -0.440. The lowest BCUT2D eigenvalue weighted by Crippen LogP contribution is -2.61. The van der Waals surface area contributed by atoms with Crippen molar-refractivity contribution in [1.82, 2.24) is 5.32 Å². The van der Waals surface area contributed by atoms with E-state index in [1.165, 1.54) is 19.3 Å². The molecule has 0 aromatic rings. The lowest BCUT2D eigenvalue weighted by molar-refractivity contribution is -0.156. The highest BCUT2D eigenvalue weighted by atomic mass is 35.5. The predicted octanol–water partition coefficient (Wildman–Crippen LogP) is 4.34. The fourth-order valence-electron chi connectivity index (χ4n) is 5.74. The SMILES string of the molecule is CCC(CCl)(CCl)NC(=O)C12CC3CC(CC(C)(C3)C1)C2. The monoisotopic (exact) mass is 331 g/mol. The maximum absolute atomic E-state index is 13.1. The Morgan fingerprint density at radius 1 is 1.19 bits per heavy atom. The Morgan fingerprint density at radius 2 is 1.76 bits per heavy atom. The second-order valence-corrected chi connectivity index (χ2v) is 8.94. The molecule has 0 aromatic heterocycles. The van der Waals surface area contributed by atoms with E-state index in [0.29, 0.717) is 17.2 Å². The van der Waals surface area contributed by atoms with Crippen molar-refractivity contribution in [2.24, 2.45) is 22.7 Å². The number of carbonyl (C=O) groups is 1. The molecule has 4 heteroatoms.